The lowest BCUT2D eigenvalue weighted by molar-refractivity contribution is -0.128. The highest BCUT2D eigenvalue weighted by Crippen LogP contribution is 2.01. The van der Waals surface area contributed by atoms with Gasteiger partial charge in [-0.15, -0.1) is 11.8 Å². The maximum Gasteiger partial charge on any atom is 0.353 e. The Balaban J connectivity index is 3.49. The zero-order chi connectivity index (χ0) is 6.57. The van der Waals surface area contributed by atoms with Crippen molar-refractivity contribution in [1.29, 1.82) is 0 Å². The molecule has 0 aromatic carbocycles. The average molecular weight is 150 g/mol. The number of thioether (sulfide) groups is 1. The van der Waals surface area contributed by atoms with Crippen molar-refractivity contribution in [2.45, 2.75) is 6.92 Å². The van der Waals surface area contributed by atoms with Gasteiger partial charge in [-0.1, -0.05) is 19.1 Å². The molecule has 0 amide bonds. The van der Waals surface area contributed by atoms with Crippen LogP contribution in [0, 0.1) is 0 Å². The van der Waals surface area contributed by atoms with Crippen LogP contribution in [0.2, 0.25) is 0 Å². The van der Waals surface area contributed by atoms with Crippen LogP contribution in [-0.4, -0.2) is 21.0 Å². The van der Waals surface area contributed by atoms with Gasteiger partial charge in [0.05, 0.1) is 0 Å². The number of thiocarbonyl (C=S) groups is 1. The number of carbonyl (C=O) groups is 1. The summed E-state index contributed by atoms with van der Waals surface area (Å²) in [5, 5.41) is 8.15. The van der Waals surface area contributed by atoms with Crippen molar-refractivity contribution in [3.63, 3.8) is 0 Å². The highest BCUT2D eigenvalue weighted by atomic mass is 32.2. The SMILES string of the molecule is CCSC(=S)C(=O)O. The summed E-state index contributed by atoms with van der Waals surface area (Å²) < 4.78 is 0.0486. The Morgan fingerprint density at radius 1 is 1.88 bits per heavy atom. The fourth-order valence-corrected chi connectivity index (χ4v) is 0.932. The Morgan fingerprint density at radius 2 is 2.38 bits per heavy atom. The van der Waals surface area contributed by atoms with Crippen LogP contribution in [0.5, 0.6) is 0 Å². The van der Waals surface area contributed by atoms with E-state index in [-0.39, 0.29) is 4.20 Å². The molecule has 8 heavy (non-hydrogen) atoms. The molecule has 0 atom stereocenters. The summed E-state index contributed by atoms with van der Waals surface area (Å²) in [5.74, 6) is -0.266. The summed E-state index contributed by atoms with van der Waals surface area (Å²) >= 11 is 5.61. The van der Waals surface area contributed by atoms with E-state index >= 15 is 0 Å². The molecule has 46 valence electrons. The number of carboxylic acids is 1. The summed E-state index contributed by atoms with van der Waals surface area (Å²) in [6.07, 6.45) is 0. The topological polar surface area (TPSA) is 37.3 Å². The van der Waals surface area contributed by atoms with E-state index < -0.39 is 5.97 Å². The molecule has 0 aromatic rings. The van der Waals surface area contributed by atoms with Gasteiger partial charge in [-0.25, -0.2) is 4.79 Å². The molecular formula is C4H6O2S2. The molecule has 0 radical (unpaired) electrons. The van der Waals surface area contributed by atoms with Crippen LogP contribution in [0.25, 0.3) is 0 Å². The Hall–Kier alpha value is -0.0900. The van der Waals surface area contributed by atoms with Crippen LogP contribution in [0.4, 0.5) is 0 Å². The second kappa shape index (κ2) is 3.86. The lowest BCUT2D eigenvalue weighted by atomic mass is 10.8. The van der Waals surface area contributed by atoms with E-state index in [2.05, 4.69) is 12.2 Å². The van der Waals surface area contributed by atoms with E-state index in [0.717, 1.165) is 5.75 Å². The summed E-state index contributed by atoms with van der Waals surface area (Å²) in [4.78, 5) is 9.93. The monoisotopic (exact) mass is 150 g/mol. The highest BCUT2D eigenvalue weighted by Gasteiger charge is 2.03. The summed E-state index contributed by atoms with van der Waals surface area (Å²) in [6.45, 7) is 1.86. The molecule has 0 heterocycles. The molecule has 2 nitrogen and oxygen atoms in total. The standard InChI is InChI=1S/C4H6O2S2/c1-2-8-4(7)3(5)6/h2H2,1H3,(H,5,6). The van der Waals surface area contributed by atoms with Crippen molar-refractivity contribution in [3.8, 4) is 0 Å². The van der Waals surface area contributed by atoms with Gasteiger partial charge >= 0.3 is 5.97 Å². The van der Waals surface area contributed by atoms with Crippen molar-refractivity contribution in [3.05, 3.63) is 0 Å². The molecule has 4 heteroatoms. The first-order valence-corrected chi connectivity index (χ1v) is 3.48. The third kappa shape index (κ3) is 2.98. The number of hydrogen-bond donors (Lipinski definition) is 1. The number of carboxylic acid groups (broad SMARTS) is 1. The zero-order valence-electron chi connectivity index (χ0n) is 4.38. The maximum atomic E-state index is 9.93. The lowest BCUT2D eigenvalue weighted by Crippen LogP contribution is -2.04. The molecule has 0 fully saturated rings. The van der Waals surface area contributed by atoms with Crippen LogP contribution in [0.15, 0.2) is 0 Å². The van der Waals surface area contributed by atoms with Crippen LogP contribution in [-0.2, 0) is 4.79 Å². The average Bonchev–Trinajstić information content (AvgIpc) is 1.67. The molecule has 0 rings (SSSR count). The van der Waals surface area contributed by atoms with Crippen molar-refractivity contribution >= 4 is 34.1 Å². The second-order valence-electron chi connectivity index (χ2n) is 1.03. The molecular weight excluding hydrogens is 144 g/mol. The molecule has 0 aliphatic heterocycles. The molecule has 0 aliphatic rings. The first-order chi connectivity index (χ1) is 3.68. The summed E-state index contributed by atoms with van der Waals surface area (Å²) in [5.41, 5.74) is 0. The summed E-state index contributed by atoms with van der Waals surface area (Å²) in [6, 6.07) is 0. The predicted molar refractivity (Wildman–Crippen MR) is 38.4 cm³/mol. The highest BCUT2D eigenvalue weighted by molar-refractivity contribution is 8.25. The Kier molecular flexibility index (Phi) is 3.81. The minimum atomic E-state index is -0.994. The maximum absolute atomic E-state index is 9.93. The zero-order valence-corrected chi connectivity index (χ0v) is 6.01. The van der Waals surface area contributed by atoms with Crippen LogP contribution in [0.3, 0.4) is 0 Å². The van der Waals surface area contributed by atoms with Gasteiger partial charge in [-0.3, -0.25) is 0 Å². The number of hydrogen-bond acceptors (Lipinski definition) is 3. The van der Waals surface area contributed by atoms with Crippen molar-refractivity contribution in [2.75, 3.05) is 5.75 Å². The van der Waals surface area contributed by atoms with Gasteiger partial charge in [0, 0.05) is 0 Å². The Morgan fingerprint density at radius 3 is 2.50 bits per heavy atom. The molecule has 0 unspecified atom stereocenters. The van der Waals surface area contributed by atoms with Crippen LogP contribution < -0.4 is 0 Å². The Labute approximate surface area is 57.3 Å². The van der Waals surface area contributed by atoms with E-state index in [1.54, 1.807) is 0 Å². The van der Waals surface area contributed by atoms with Gasteiger partial charge in [0.15, 0.2) is 4.20 Å². The van der Waals surface area contributed by atoms with Gasteiger partial charge in [-0.05, 0) is 5.75 Å². The Bertz CT molecular complexity index is 111. The van der Waals surface area contributed by atoms with Crippen molar-refractivity contribution < 1.29 is 9.90 Å². The van der Waals surface area contributed by atoms with E-state index in [1.807, 2.05) is 6.92 Å². The fourth-order valence-electron chi connectivity index (χ4n) is 0.193. The van der Waals surface area contributed by atoms with E-state index in [4.69, 9.17) is 5.11 Å². The molecule has 0 aliphatic carbocycles. The predicted octanol–water partition coefficient (Wildman–Crippen LogP) is 1.15. The largest absolute Gasteiger partial charge is 0.477 e. The molecule has 1 N–H and O–H groups in total. The quantitative estimate of drug-likeness (QED) is 0.569. The molecule has 0 bridgehead atoms. The van der Waals surface area contributed by atoms with Gasteiger partial charge in [0.25, 0.3) is 0 Å². The normalized spacial score (nSPS) is 8.62. The molecule has 0 saturated carbocycles. The minimum absolute atomic E-state index is 0.0486. The van der Waals surface area contributed by atoms with Crippen LogP contribution in [0.1, 0.15) is 6.92 Å². The van der Waals surface area contributed by atoms with Gasteiger partial charge in [-0.2, -0.15) is 0 Å². The van der Waals surface area contributed by atoms with Gasteiger partial charge < -0.3 is 5.11 Å². The van der Waals surface area contributed by atoms with E-state index in [0.29, 0.717) is 0 Å². The van der Waals surface area contributed by atoms with Crippen molar-refractivity contribution in [2.24, 2.45) is 0 Å². The lowest BCUT2D eigenvalue weighted by Gasteiger charge is -1.89. The fraction of sp³-hybridized carbons (Fsp3) is 0.500. The molecule has 0 aromatic heterocycles. The second-order valence-corrected chi connectivity index (χ2v) is 2.97. The van der Waals surface area contributed by atoms with Crippen molar-refractivity contribution in [1.82, 2.24) is 0 Å². The third-order valence-corrected chi connectivity index (χ3v) is 1.70. The van der Waals surface area contributed by atoms with Gasteiger partial charge in [0.2, 0.25) is 0 Å². The minimum Gasteiger partial charge on any atom is -0.477 e. The number of rotatable bonds is 1. The molecule has 0 spiro atoms. The van der Waals surface area contributed by atoms with E-state index in [9.17, 15) is 4.79 Å². The third-order valence-electron chi connectivity index (χ3n) is 0.450. The van der Waals surface area contributed by atoms with E-state index in [1.165, 1.54) is 11.8 Å². The van der Waals surface area contributed by atoms with Crippen LogP contribution >= 0.6 is 24.0 Å². The summed E-state index contributed by atoms with van der Waals surface area (Å²) in [7, 11) is 0. The molecule has 0 saturated heterocycles. The smallest absolute Gasteiger partial charge is 0.353 e. The first kappa shape index (κ1) is 7.91. The van der Waals surface area contributed by atoms with Gasteiger partial charge in [0.1, 0.15) is 0 Å². The first-order valence-electron chi connectivity index (χ1n) is 2.08. The number of aliphatic carboxylic acids is 1.